The molecular weight excluding hydrogens is 280 g/mol. The van der Waals surface area contributed by atoms with Gasteiger partial charge in [0.25, 0.3) is 0 Å². The number of carbonyl (C=O) groups is 2. The number of rotatable bonds is 5. The highest BCUT2D eigenvalue weighted by molar-refractivity contribution is 5.78. The topological polar surface area (TPSA) is 64.7 Å². The number of hydrogen-bond donors (Lipinski definition) is 2. The molecule has 0 aromatic carbocycles. The maximum Gasteiger partial charge on any atom is 0.315 e. The molecule has 3 amide bonds. The van der Waals surface area contributed by atoms with Crippen molar-refractivity contribution in [3.8, 4) is 0 Å². The van der Waals surface area contributed by atoms with Crippen LogP contribution in [0.5, 0.6) is 0 Å². The molecule has 1 saturated heterocycles. The second-order valence-electron chi connectivity index (χ2n) is 6.30. The van der Waals surface area contributed by atoms with Gasteiger partial charge in [0, 0.05) is 45.2 Å². The van der Waals surface area contributed by atoms with Crippen molar-refractivity contribution < 1.29 is 9.59 Å². The fraction of sp³-hybridized carbons (Fsp3) is 0.875. The first kappa shape index (κ1) is 17.1. The van der Waals surface area contributed by atoms with Gasteiger partial charge in [-0.25, -0.2) is 4.79 Å². The van der Waals surface area contributed by atoms with Crippen LogP contribution >= 0.6 is 0 Å². The summed E-state index contributed by atoms with van der Waals surface area (Å²) in [7, 11) is 0. The van der Waals surface area contributed by atoms with Gasteiger partial charge < -0.3 is 20.4 Å². The highest BCUT2D eigenvalue weighted by Gasteiger charge is 2.20. The summed E-state index contributed by atoms with van der Waals surface area (Å²) in [5, 5.41) is 5.82. The molecular formula is C16H30N4O2. The predicted octanol–water partition coefficient (Wildman–Crippen LogP) is 1.17. The maximum atomic E-state index is 12.1. The highest BCUT2D eigenvalue weighted by atomic mass is 16.2. The molecule has 0 radical (unpaired) electrons. The van der Waals surface area contributed by atoms with Crippen LogP contribution < -0.4 is 10.6 Å². The number of urea groups is 1. The third-order valence-corrected chi connectivity index (χ3v) is 4.74. The van der Waals surface area contributed by atoms with E-state index in [1.807, 2.05) is 4.90 Å². The molecule has 22 heavy (non-hydrogen) atoms. The van der Waals surface area contributed by atoms with Gasteiger partial charge in [-0.05, 0) is 19.4 Å². The van der Waals surface area contributed by atoms with E-state index in [1.165, 1.54) is 19.3 Å². The second-order valence-corrected chi connectivity index (χ2v) is 6.30. The van der Waals surface area contributed by atoms with Crippen LogP contribution in [-0.4, -0.2) is 67.0 Å². The maximum absolute atomic E-state index is 12.1. The first-order chi connectivity index (χ1) is 10.7. The number of nitrogens with zero attached hydrogens (tertiary/aromatic N) is 2. The predicted molar refractivity (Wildman–Crippen MR) is 86.7 cm³/mol. The number of carbonyl (C=O) groups excluding carboxylic acids is 2. The molecule has 0 aromatic rings. The van der Waals surface area contributed by atoms with E-state index in [0.717, 1.165) is 45.6 Å². The Labute approximate surface area is 133 Å². The molecule has 6 nitrogen and oxygen atoms in total. The molecule has 1 saturated carbocycles. The Hall–Kier alpha value is -1.30. The van der Waals surface area contributed by atoms with Crippen molar-refractivity contribution >= 4 is 11.9 Å². The lowest BCUT2D eigenvalue weighted by molar-refractivity contribution is -0.132. The van der Waals surface area contributed by atoms with Crippen molar-refractivity contribution in [2.75, 3.05) is 39.3 Å². The minimum atomic E-state index is -0.129. The summed E-state index contributed by atoms with van der Waals surface area (Å²) in [6.45, 7) is 7.14. The van der Waals surface area contributed by atoms with Crippen molar-refractivity contribution in [2.45, 2.75) is 51.5 Å². The van der Waals surface area contributed by atoms with Crippen LogP contribution in [0.25, 0.3) is 0 Å². The summed E-state index contributed by atoms with van der Waals surface area (Å²) in [5.74, 6) is 0.147. The molecule has 1 aliphatic heterocycles. The molecule has 0 atom stereocenters. The summed E-state index contributed by atoms with van der Waals surface area (Å²) in [6.07, 6.45) is 6.23. The number of hydrogen-bond acceptors (Lipinski definition) is 3. The third-order valence-electron chi connectivity index (χ3n) is 4.74. The van der Waals surface area contributed by atoms with Gasteiger partial charge in [-0.1, -0.05) is 26.2 Å². The largest absolute Gasteiger partial charge is 0.340 e. The molecule has 1 aliphatic carbocycles. The number of amides is 3. The van der Waals surface area contributed by atoms with E-state index in [2.05, 4.69) is 22.5 Å². The fourth-order valence-corrected chi connectivity index (χ4v) is 3.24. The van der Waals surface area contributed by atoms with E-state index >= 15 is 0 Å². The van der Waals surface area contributed by atoms with Gasteiger partial charge in [0.1, 0.15) is 0 Å². The average Bonchev–Trinajstić information content (AvgIpc) is 2.55. The molecule has 0 aromatic heterocycles. The third kappa shape index (κ3) is 5.48. The van der Waals surface area contributed by atoms with Gasteiger partial charge in [-0.15, -0.1) is 0 Å². The van der Waals surface area contributed by atoms with Crippen LogP contribution in [0.4, 0.5) is 4.79 Å². The van der Waals surface area contributed by atoms with Gasteiger partial charge in [0.05, 0.1) is 0 Å². The van der Waals surface area contributed by atoms with Crippen molar-refractivity contribution in [3.05, 3.63) is 0 Å². The SMILES string of the molecule is CCN1CCN(C(=O)CCNC(=O)NC2CCCCC2)CC1. The zero-order valence-corrected chi connectivity index (χ0v) is 13.8. The van der Waals surface area contributed by atoms with Gasteiger partial charge >= 0.3 is 6.03 Å². The molecule has 2 aliphatic rings. The van der Waals surface area contributed by atoms with E-state index in [1.54, 1.807) is 0 Å². The Morgan fingerprint density at radius 2 is 1.73 bits per heavy atom. The van der Waals surface area contributed by atoms with Crippen LogP contribution in [0, 0.1) is 0 Å². The van der Waals surface area contributed by atoms with E-state index in [0.29, 0.717) is 19.0 Å². The van der Waals surface area contributed by atoms with Crippen LogP contribution in [-0.2, 0) is 4.79 Å². The quantitative estimate of drug-likeness (QED) is 0.801. The minimum absolute atomic E-state index is 0.129. The van der Waals surface area contributed by atoms with Crippen molar-refractivity contribution in [2.24, 2.45) is 0 Å². The van der Waals surface area contributed by atoms with Gasteiger partial charge in [-0.3, -0.25) is 4.79 Å². The number of piperazine rings is 1. The molecule has 2 fully saturated rings. The standard InChI is InChI=1S/C16H30N4O2/c1-2-19-10-12-20(13-11-19)15(21)8-9-17-16(22)18-14-6-4-3-5-7-14/h14H,2-13H2,1H3,(H2,17,18,22). The number of likely N-dealkylation sites (N-methyl/N-ethyl adjacent to an activating group) is 1. The summed E-state index contributed by atoms with van der Waals surface area (Å²) in [4.78, 5) is 28.2. The Bertz CT molecular complexity index is 361. The van der Waals surface area contributed by atoms with Gasteiger partial charge in [0.2, 0.25) is 5.91 Å². The molecule has 0 unspecified atom stereocenters. The summed E-state index contributed by atoms with van der Waals surface area (Å²) >= 11 is 0. The van der Waals surface area contributed by atoms with Crippen LogP contribution in [0.3, 0.4) is 0 Å². The molecule has 2 N–H and O–H groups in total. The Balaban J connectivity index is 1.57. The Morgan fingerprint density at radius 3 is 2.36 bits per heavy atom. The summed E-state index contributed by atoms with van der Waals surface area (Å²) < 4.78 is 0. The van der Waals surface area contributed by atoms with Crippen LogP contribution in [0.15, 0.2) is 0 Å². The average molecular weight is 310 g/mol. The minimum Gasteiger partial charge on any atom is -0.340 e. The first-order valence-electron chi connectivity index (χ1n) is 8.73. The zero-order valence-electron chi connectivity index (χ0n) is 13.8. The first-order valence-corrected chi connectivity index (χ1v) is 8.73. The van der Waals surface area contributed by atoms with Gasteiger partial charge in [-0.2, -0.15) is 0 Å². The van der Waals surface area contributed by atoms with Crippen molar-refractivity contribution in [3.63, 3.8) is 0 Å². The van der Waals surface area contributed by atoms with E-state index < -0.39 is 0 Å². The molecule has 126 valence electrons. The highest BCUT2D eigenvalue weighted by Crippen LogP contribution is 2.17. The smallest absolute Gasteiger partial charge is 0.315 e. The lowest BCUT2D eigenvalue weighted by Gasteiger charge is -2.34. The molecule has 0 bridgehead atoms. The lowest BCUT2D eigenvalue weighted by Crippen LogP contribution is -2.49. The Kier molecular flexibility index (Phi) is 6.96. The zero-order chi connectivity index (χ0) is 15.8. The molecule has 2 rings (SSSR count). The lowest BCUT2D eigenvalue weighted by atomic mass is 9.96. The summed E-state index contributed by atoms with van der Waals surface area (Å²) in [6, 6.07) is 0.182. The van der Waals surface area contributed by atoms with Crippen molar-refractivity contribution in [1.29, 1.82) is 0 Å². The van der Waals surface area contributed by atoms with E-state index in [4.69, 9.17) is 0 Å². The van der Waals surface area contributed by atoms with Crippen LogP contribution in [0.1, 0.15) is 45.4 Å². The monoisotopic (exact) mass is 310 g/mol. The normalized spacial score (nSPS) is 20.7. The second kappa shape index (κ2) is 8.98. The van der Waals surface area contributed by atoms with Crippen molar-refractivity contribution in [1.82, 2.24) is 20.4 Å². The summed E-state index contributed by atoms with van der Waals surface area (Å²) in [5.41, 5.74) is 0. The molecule has 0 spiro atoms. The molecule has 6 heteroatoms. The fourth-order valence-electron chi connectivity index (χ4n) is 3.24. The molecule has 1 heterocycles. The van der Waals surface area contributed by atoms with Crippen LogP contribution in [0.2, 0.25) is 0 Å². The number of nitrogens with one attached hydrogen (secondary N) is 2. The van der Waals surface area contributed by atoms with Gasteiger partial charge in [0.15, 0.2) is 0 Å². The van der Waals surface area contributed by atoms with E-state index in [9.17, 15) is 9.59 Å². The van der Waals surface area contributed by atoms with E-state index in [-0.39, 0.29) is 11.9 Å². The Morgan fingerprint density at radius 1 is 1.05 bits per heavy atom.